The fourth-order valence-electron chi connectivity index (χ4n) is 2.54. The van der Waals surface area contributed by atoms with Gasteiger partial charge in [-0.15, -0.1) is 0 Å². The molecule has 0 aliphatic carbocycles. The van der Waals surface area contributed by atoms with Crippen LogP contribution in [-0.4, -0.2) is 43.4 Å². The third-order valence-corrected chi connectivity index (χ3v) is 3.27. The van der Waals surface area contributed by atoms with Crippen LogP contribution in [0.1, 0.15) is 26.2 Å². The lowest BCUT2D eigenvalue weighted by atomic mass is 9.96. The second kappa shape index (κ2) is 4.15. The van der Waals surface area contributed by atoms with Crippen molar-refractivity contribution >= 4 is 0 Å². The lowest BCUT2D eigenvalue weighted by Gasteiger charge is -2.36. The zero-order valence-electron chi connectivity index (χ0n) is 8.97. The van der Waals surface area contributed by atoms with E-state index < -0.39 is 5.67 Å². The zero-order valence-corrected chi connectivity index (χ0v) is 8.97. The van der Waals surface area contributed by atoms with Gasteiger partial charge in [-0.3, -0.25) is 4.90 Å². The van der Waals surface area contributed by atoms with Crippen molar-refractivity contribution < 1.29 is 9.13 Å². The van der Waals surface area contributed by atoms with E-state index in [2.05, 4.69) is 4.90 Å². The monoisotopic (exact) mass is 201 g/mol. The van der Waals surface area contributed by atoms with Crippen molar-refractivity contribution in [2.75, 3.05) is 32.8 Å². The quantitative estimate of drug-likeness (QED) is 0.676. The van der Waals surface area contributed by atoms with Crippen LogP contribution in [0.25, 0.3) is 0 Å². The molecule has 2 saturated heterocycles. The first kappa shape index (κ1) is 10.4. The topological polar surface area (TPSA) is 12.5 Å². The van der Waals surface area contributed by atoms with Crippen molar-refractivity contribution in [2.24, 2.45) is 5.92 Å². The number of alkyl halides is 1. The van der Waals surface area contributed by atoms with Gasteiger partial charge in [0.2, 0.25) is 0 Å². The SMILES string of the molecule is C[C@]1(F)CCCN(C[C@H]2CCOC2)C1. The summed E-state index contributed by atoms with van der Waals surface area (Å²) >= 11 is 0. The van der Waals surface area contributed by atoms with Gasteiger partial charge in [0.1, 0.15) is 5.67 Å². The first-order valence-electron chi connectivity index (χ1n) is 5.65. The fraction of sp³-hybridized carbons (Fsp3) is 1.00. The van der Waals surface area contributed by atoms with Crippen molar-refractivity contribution in [2.45, 2.75) is 31.9 Å². The molecule has 2 aliphatic rings. The van der Waals surface area contributed by atoms with Crippen LogP contribution in [0.4, 0.5) is 4.39 Å². The largest absolute Gasteiger partial charge is 0.381 e. The summed E-state index contributed by atoms with van der Waals surface area (Å²) in [4.78, 5) is 2.27. The second-order valence-corrected chi connectivity index (χ2v) is 4.98. The Hall–Kier alpha value is -0.150. The molecule has 0 N–H and O–H groups in total. The molecule has 0 aromatic rings. The molecule has 2 heterocycles. The summed E-state index contributed by atoms with van der Waals surface area (Å²) in [6.45, 7) is 6.20. The molecule has 82 valence electrons. The van der Waals surface area contributed by atoms with Crippen LogP contribution in [0.3, 0.4) is 0 Å². The molecule has 2 rings (SSSR count). The minimum Gasteiger partial charge on any atom is -0.381 e. The van der Waals surface area contributed by atoms with E-state index in [1.165, 1.54) is 0 Å². The van der Waals surface area contributed by atoms with Gasteiger partial charge < -0.3 is 4.74 Å². The molecule has 0 saturated carbocycles. The number of hydrogen-bond donors (Lipinski definition) is 0. The maximum absolute atomic E-state index is 13.7. The minimum absolute atomic E-state index is 0.615. The molecule has 0 aromatic heterocycles. The number of halogens is 1. The Balaban J connectivity index is 1.79. The molecule has 0 unspecified atom stereocenters. The Morgan fingerprint density at radius 1 is 1.57 bits per heavy atom. The lowest BCUT2D eigenvalue weighted by molar-refractivity contribution is 0.0498. The summed E-state index contributed by atoms with van der Waals surface area (Å²) in [5.74, 6) is 0.642. The number of hydrogen-bond acceptors (Lipinski definition) is 2. The molecule has 2 fully saturated rings. The van der Waals surface area contributed by atoms with Crippen molar-refractivity contribution in [1.29, 1.82) is 0 Å². The highest BCUT2D eigenvalue weighted by Crippen LogP contribution is 2.26. The van der Waals surface area contributed by atoms with Gasteiger partial charge in [0, 0.05) is 19.7 Å². The van der Waals surface area contributed by atoms with Gasteiger partial charge in [-0.1, -0.05) is 0 Å². The van der Waals surface area contributed by atoms with Crippen molar-refractivity contribution in [3.8, 4) is 0 Å². The Morgan fingerprint density at radius 3 is 3.07 bits per heavy atom. The highest BCUT2D eigenvalue weighted by atomic mass is 19.1. The maximum atomic E-state index is 13.7. The van der Waals surface area contributed by atoms with Gasteiger partial charge >= 0.3 is 0 Å². The molecular weight excluding hydrogens is 181 g/mol. The Labute approximate surface area is 85.4 Å². The van der Waals surface area contributed by atoms with Gasteiger partial charge in [0.25, 0.3) is 0 Å². The zero-order chi connectivity index (χ0) is 10.0. The van der Waals surface area contributed by atoms with E-state index in [-0.39, 0.29) is 0 Å². The number of ether oxygens (including phenoxy) is 1. The molecule has 0 bridgehead atoms. The van der Waals surface area contributed by atoms with E-state index in [1.807, 2.05) is 0 Å². The summed E-state index contributed by atoms with van der Waals surface area (Å²) in [5.41, 5.74) is -0.961. The third-order valence-electron chi connectivity index (χ3n) is 3.27. The molecule has 14 heavy (non-hydrogen) atoms. The highest BCUT2D eigenvalue weighted by molar-refractivity contribution is 4.84. The lowest BCUT2D eigenvalue weighted by Crippen LogP contribution is -2.45. The average Bonchev–Trinajstić information content (AvgIpc) is 2.54. The van der Waals surface area contributed by atoms with Gasteiger partial charge in [-0.2, -0.15) is 0 Å². The molecule has 0 amide bonds. The van der Waals surface area contributed by atoms with Crippen molar-refractivity contribution in [1.82, 2.24) is 4.90 Å². The van der Waals surface area contributed by atoms with E-state index in [0.717, 1.165) is 45.6 Å². The predicted octanol–water partition coefficient (Wildman–Crippen LogP) is 1.85. The first-order valence-corrected chi connectivity index (χ1v) is 5.65. The van der Waals surface area contributed by atoms with Crippen LogP contribution in [0.5, 0.6) is 0 Å². The highest BCUT2D eigenvalue weighted by Gasteiger charge is 2.31. The number of likely N-dealkylation sites (tertiary alicyclic amines) is 1. The number of nitrogens with zero attached hydrogens (tertiary/aromatic N) is 1. The molecule has 0 radical (unpaired) electrons. The molecular formula is C11H20FNO. The van der Waals surface area contributed by atoms with Gasteiger partial charge in [-0.05, 0) is 38.6 Å². The summed E-state index contributed by atoms with van der Waals surface area (Å²) in [7, 11) is 0. The number of piperidine rings is 1. The molecule has 3 heteroatoms. The average molecular weight is 201 g/mol. The van der Waals surface area contributed by atoms with Gasteiger partial charge in [0.05, 0.1) is 6.61 Å². The van der Waals surface area contributed by atoms with Crippen LogP contribution < -0.4 is 0 Å². The summed E-state index contributed by atoms with van der Waals surface area (Å²) in [5, 5.41) is 0. The van der Waals surface area contributed by atoms with Crippen LogP contribution in [-0.2, 0) is 4.74 Å². The molecule has 2 nitrogen and oxygen atoms in total. The third kappa shape index (κ3) is 2.67. The van der Waals surface area contributed by atoms with Crippen LogP contribution in [0.2, 0.25) is 0 Å². The first-order chi connectivity index (χ1) is 6.66. The van der Waals surface area contributed by atoms with Gasteiger partial charge in [0.15, 0.2) is 0 Å². The normalized spacial score (nSPS) is 40.3. The van der Waals surface area contributed by atoms with Crippen molar-refractivity contribution in [3.63, 3.8) is 0 Å². The van der Waals surface area contributed by atoms with Crippen LogP contribution >= 0.6 is 0 Å². The fourth-order valence-corrected chi connectivity index (χ4v) is 2.54. The Kier molecular flexibility index (Phi) is 3.07. The Bertz CT molecular complexity index is 190. The maximum Gasteiger partial charge on any atom is 0.120 e. The van der Waals surface area contributed by atoms with E-state index >= 15 is 0 Å². The molecule has 2 atom stereocenters. The van der Waals surface area contributed by atoms with E-state index in [9.17, 15) is 4.39 Å². The van der Waals surface area contributed by atoms with Crippen LogP contribution in [0.15, 0.2) is 0 Å². The van der Waals surface area contributed by atoms with Crippen LogP contribution in [0, 0.1) is 5.92 Å². The van der Waals surface area contributed by atoms with E-state index in [4.69, 9.17) is 4.74 Å². The van der Waals surface area contributed by atoms with Crippen molar-refractivity contribution in [3.05, 3.63) is 0 Å². The molecule has 0 aromatic carbocycles. The second-order valence-electron chi connectivity index (χ2n) is 4.98. The van der Waals surface area contributed by atoms with E-state index in [0.29, 0.717) is 12.5 Å². The predicted molar refractivity (Wildman–Crippen MR) is 54.1 cm³/mol. The summed E-state index contributed by atoms with van der Waals surface area (Å²) in [6, 6.07) is 0. The number of rotatable bonds is 2. The summed E-state index contributed by atoms with van der Waals surface area (Å²) < 4.78 is 19.1. The Morgan fingerprint density at radius 2 is 2.43 bits per heavy atom. The smallest absolute Gasteiger partial charge is 0.120 e. The summed E-state index contributed by atoms with van der Waals surface area (Å²) in [6.07, 6.45) is 2.88. The molecule has 0 spiro atoms. The van der Waals surface area contributed by atoms with E-state index in [1.54, 1.807) is 6.92 Å². The standard InChI is InChI=1S/C11H20FNO/c1-11(12)4-2-5-13(9-11)7-10-3-6-14-8-10/h10H,2-9H2,1H3/t10-,11+/m1/s1. The minimum atomic E-state index is -0.961. The molecule has 2 aliphatic heterocycles. The van der Waals surface area contributed by atoms with Gasteiger partial charge in [-0.25, -0.2) is 4.39 Å².